The molecule has 0 bridgehead atoms. The highest BCUT2D eigenvalue weighted by Gasteiger charge is 2.30. The van der Waals surface area contributed by atoms with Gasteiger partial charge in [0.1, 0.15) is 0 Å². The Kier molecular flexibility index (Phi) is 3.98. The molecule has 0 saturated carbocycles. The molecule has 4 nitrogen and oxygen atoms in total. The summed E-state index contributed by atoms with van der Waals surface area (Å²) in [5.41, 5.74) is 3.58. The number of benzene rings is 2. The number of imidazole rings is 1. The van der Waals surface area contributed by atoms with Crippen LogP contribution in [0.25, 0.3) is 11.0 Å². The molecule has 1 saturated heterocycles. The first-order valence-electron chi connectivity index (χ1n) is 8.20. The number of carbonyl (C=O) groups is 1. The lowest BCUT2D eigenvalue weighted by Crippen LogP contribution is -2.36. The molecule has 122 valence electrons. The van der Waals surface area contributed by atoms with Crippen molar-refractivity contribution in [3.8, 4) is 0 Å². The first kappa shape index (κ1) is 15.2. The Morgan fingerprint density at radius 3 is 3.04 bits per heavy atom. The third-order valence-electron chi connectivity index (χ3n) is 4.72. The van der Waals surface area contributed by atoms with Crippen LogP contribution in [0.4, 0.5) is 0 Å². The number of amides is 1. The molecule has 0 unspecified atom stereocenters. The van der Waals surface area contributed by atoms with Crippen molar-refractivity contribution in [2.45, 2.75) is 25.3 Å². The average molecular weight is 340 g/mol. The van der Waals surface area contributed by atoms with Gasteiger partial charge in [0.15, 0.2) is 0 Å². The van der Waals surface area contributed by atoms with Gasteiger partial charge in [-0.05, 0) is 49.1 Å². The van der Waals surface area contributed by atoms with E-state index in [0.29, 0.717) is 5.56 Å². The van der Waals surface area contributed by atoms with Crippen LogP contribution in [0.15, 0.2) is 48.8 Å². The minimum atomic E-state index is 0.0843. The molecule has 0 aliphatic carbocycles. The van der Waals surface area contributed by atoms with Gasteiger partial charge in [-0.15, -0.1) is 0 Å². The summed E-state index contributed by atoms with van der Waals surface area (Å²) in [6.45, 7) is 0.801. The minimum absolute atomic E-state index is 0.0843. The van der Waals surface area contributed by atoms with Gasteiger partial charge in [-0.25, -0.2) is 4.98 Å². The normalized spacial score (nSPS) is 17.5. The fourth-order valence-electron chi connectivity index (χ4n) is 3.47. The SMILES string of the molecule is O=C(c1ccc2nc[nH]c2c1)N1CCC[C@H]1Cc1ccccc1Cl. The molecule has 1 fully saturated rings. The zero-order valence-electron chi connectivity index (χ0n) is 13.2. The maximum absolute atomic E-state index is 13.0. The van der Waals surface area contributed by atoms with Crippen LogP contribution in [0.1, 0.15) is 28.8 Å². The summed E-state index contributed by atoms with van der Waals surface area (Å²) < 4.78 is 0. The number of nitrogens with one attached hydrogen (secondary N) is 1. The van der Waals surface area contributed by atoms with Crippen molar-refractivity contribution in [1.82, 2.24) is 14.9 Å². The Hall–Kier alpha value is -2.33. The van der Waals surface area contributed by atoms with Crippen molar-refractivity contribution in [2.24, 2.45) is 0 Å². The average Bonchev–Trinajstić information content (AvgIpc) is 3.24. The van der Waals surface area contributed by atoms with Crippen LogP contribution < -0.4 is 0 Å². The number of aromatic nitrogens is 2. The molecule has 1 aliphatic rings. The zero-order chi connectivity index (χ0) is 16.5. The molecule has 1 aliphatic heterocycles. The van der Waals surface area contributed by atoms with E-state index < -0.39 is 0 Å². The van der Waals surface area contributed by atoms with Crippen molar-refractivity contribution in [3.05, 3.63) is 64.9 Å². The molecular formula is C19H18ClN3O. The van der Waals surface area contributed by atoms with E-state index in [1.807, 2.05) is 47.4 Å². The second kappa shape index (κ2) is 6.29. The van der Waals surface area contributed by atoms with E-state index in [-0.39, 0.29) is 11.9 Å². The van der Waals surface area contributed by atoms with Crippen molar-refractivity contribution >= 4 is 28.5 Å². The van der Waals surface area contributed by atoms with E-state index in [9.17, 15) is 4.79 Å². The zero-order valence-corrected chi connectivity index (χ0v) is 14.0. The van der Waals surface area contributed by atoms with Gasteiger partial charge in [-0.2, -0.15) is 0 Å². The third kappa shape index (κ3) is 2.78. The predicted molar refractivity (Wildman–Crippen MR) is 95.3 cm³/mol. The lowest BCUT2D eigenvalue weighted by Gasteiger charge is -2.25. The third-order valence-corrected chi connectivity index (χ3v) is 5.09. The second-order valence-electron chi connectivity index (χ2n) is 6.22. The molecule has 1 atom stereocenters. The van der Waals surface area contributed by atoms with Gasteiger partial charge in [0.05, 0.1) is 17.4 Å². The number of rotatable bonds is 3. The fraction of sp³-hybridized carbons (Fsp3) is 0.263. The van der Waals surface area contributed by atoms with Gasteiger partial charge < -0.3 is 9.88 Å². The van der Waals surface area contributed by atoms with E-state index in [1.165, 1.54) is 0 Å². The van der Waals surface area contributed by atoms with E-state index in [1.54, 1.807) is 6.33 Å². The predicted octanol–water partition coefficient (Wildman–Crippen LogP) is 4.06. The van der Waals surface area contributed by atoms with Gasteiger partial charge in [0, 0.05) is 23.2 Å². The molecule has 2 aromatic carbocycles. The summed E-state index contributed by atoms with van der Waals surface area (Å²) in [7, 11) is 0. The van der Waals surface area contributed by atoms with Gasteiger partial charge in [0.2, 0.25) is 0 Å². The van der Waals surface area contributed by atoms with Crippen LogP contribution in [-0.2, 0) is 6.42 Å². The molecule has 0 spiro atoms. The smallest absolute Gasteiger partial charge is 0.254 e. The monoisotopic (exact) mass is 339 g/mol. The van der Waals surface area contributed by atoms with Gasteiger partial charge in [-0.3, -0.25) is 4.79 Å². The van der Waals surface area contributed by atoms with Crippen molar-refractivity contribution in [1.29, 1.82) is 0 Å². The molecule has 1 amide bonds. The number of halogens is 1. The number of nitrogens with zero attached hydrogens (tertiary/aromatic N) is 2. The van der Waals surface area contributed by atoms with Crippen molar-refractivity contribution < 1.29 is 4.79 Å². The second-order valence-corrected chi connectivity index (χ2v) is 6.63. The van der Waals surface area contributed by atoms with Crippen LogP contribution in [0.3, 0.4) is 0 Å². The molecule has 2 heterocycles. The Morgan fingerprint density at radius 1 is 1.29 bits per heavy atom. The summed E-state index contributed by atoms with van der Waals surface area (Å²) in [4.78, 5) is 22.2. The van der Waals surface area contributed by atoms with Gasteiger partial charge >= 0.3 is 0 Å². The molecule has 3 aromatic rings. The molecule has 5 heteroatoms. The first-order chi connectivity index (χ1) is 11.7. The number of H-pyrrole nitrogens is 1. The standard InChI is InChI=1S/C19H18ClN3O/c20-16-6-2-1-4-13(16)10-15-5-3-9-23(15)19(24)14-7-8-17-18(11-14)22-12-21-17/h1-2,4,6-8,11-12,15H,3,5,9-10H2,(H,21,22)/t15-/m0/s1. The number of fused-ring (bicyclic) bond motifs is 1. The molecule has 4 rings (SSSR count). The van der Waals surface area contributed by atoms with E-state index in [0.717, 1.165) is 47.4 Å². The topological polar surface area (TPSA) is 49.0 Å². The molecular weight excluding hydrogens is 322 g/mol. The van der Waals surface area contributed by atoms with E-state index in [2.05, 4.69) is 9.97 Å². The fourth-order valence-corrected chi connectivity index (χ4v) is 3.68. The molecule has 1 aromatic heterocycles. The number of likely N-dealkylation sites (tertiary alicyclic amines) is 1. The molecule has 24 heavy (non-hydrogen) atoms. The number of aromatic amines is 1. The van der Waals surface area contributed by atoms with Gasteiger partial charge in [0.25, 0.3) is 5.91 Å². The van der Waals surface area contributed by atoms with Crippen LogP contribution in [0.2, 0.25) is 5.02 Å². The minimum Gasteiger partial charge on any atom is -0.345 e. The summed E-state index contributed by atoms with van der Waals surface area (Å²) >= 11 is 6.29. The largest absolute Gasteiger partial charge is 0.345 e. The van der Waals surface area contributed by atoms with Crippen LogP contribution >= 0.6 is 11.6 Å². The lowest BCUT2D eigenvalue weighted by molar-refractivity contribution is 0.0736. The molecule has 1 N–H and O–H groups in total. The Labute approximate surface area is 145 Å². The van der Waals surface area contributed by atoms with Crippen LogP contribution in [-0.4, -0.2) is 33.4 Å². The quantitative estimate of drug-likeness (QED) is 0.782. The van der Waals surface area contributed by atoms with Crippen molar-refractivity contribution in [3.63, 3.8) is 0 Å². The highest BCUT2D eigenvalue weighted by atomic mass is 35.5. The van der Waals surface area contributed by atoms with Gasteiger partial charge in [-0.1, -0.05) is 29.8 Å². The highest BCUT2D eigenvalue weighted by Crippen LogP contribution is 2.26. The number of hydrogen-bond acceptors (Lipinski definition) is 2. The number of hydrogen-bond donors (Lipinski definition) is 1. The first-order valence-corrected chi connectivity index (χ1v) is 8.58. The summed E-state index contributed by atoms with van der Waals surface area (Å²) in [5.74, 6) is 0.0843. The highest BCUT2D eigenvalue weighted by molar-refractivity contribution is 6.31. The van der Waals surface area contributed by atoms with Crippen LogP contribution in [0, 0.1) is 0 Å². The Bertz CT molecular complexity index is 889. The maximum Gasteiger partial charge on any atom is 0.254 e. The number of carbonyl (C=O) groups excluding carboxylic acids is 1. The van der Waals surface area contributed by atoms with E-state index >= 15 is 0 Å². The van der Waals surface area contributed by atoms with Crippen LogP contribution in [0.5, 0.6) is 0 Å². The Morgan fingerprint density at radius 2 is 2.17 bits per heavy atom. The lowest BCUT2D eigenvalue weighted by atomic mass is 10.0. The summed E-state index contributed by atoms with van der Waals surface area (Å²) in [6.07, 6.45) is 4.50. The Balaban J connectivity index is 1.57. The maximum atomic E-state index is 13.0. The molecule has 0 radical (unpaired) electrons. The summed E-state index contributed by atoms with van der Waals surface area (Å²) in [6, 6.07) is 13.7. The summed E-state index contributed by atoms with van der Waals surface area (Å²) in [5, 5.41) is 0.774. The van der Waals surface area contributed by atoms with Crippen molar-refractivity contribution in [2.75, 3.05) is 6.54 Å². The van der Waals surface area contributed by atoms with E-state index in [4.69, 9.17) is 11.6 Å².